The Morgan fingerprint density at radius 3 is 2.77 bits per heavy atom. The molecule has 13 heavy (non-hydrogen) atoms. The molecule has 0 aliphatic heterocycles. The van der Waals surface area contributed by atoms with Crippen molar-refractivity contribution in [2.24, 2.45) is 0 Å². The highest BCUT2D eigenvalue weighted by Gasteiger charge is 2.10. The van der Waals surface area contributed by atoms with Gasteiger partial charge in [-0.15, -0.1) is 0 Å². The van der Waals surface area contributed by atoms with Crippen LogP contribution in [0.3, 0.4) is 0 Å². The summed E-state index contributed by atoms with van der Waals surface area (Å²) in [6.07, 6.45) is -0.744. The average Bonchev–Trinajstić information content (AvgIpc) is 2.13. The molecule has 0 N–H and O–H groups in total. The number of halogens is 2. The van der Waals surface area contributed by atoms with Gasteiger partial charge in [0.2, 0.25) is 0 Å². The predicted octanol–water partition coefficient (Wildman–Crippen LogP) is 2.69. The lowest BCUT2D eigenvalue weighted by molar-refractivity contribution is 0.148. The number of nitriles is 1. The van der Waals surface area contributed by atoms with E-state index in [0.29, 0.717) is 5.56 Å². The second-order valence-electron chi connectivity index (χ2n) is 2.42. The van der Waals surface area contributed by atoms with Crippen LogP contribution in [0.5, 0.6) is 0 Å². The van der Waals surface area contributed by atoms with Crippen molar-refractivity contribution >= 4 is 11.6 Å². The summed E-state index contributed by atoms with van der Waals surface area (Å²) in [5, 5.41) is 8.65. The minimum Gasteiger partial charge on any atom is -0.362 e. The summed E-state index contributed by atoms with van der Waals surface area (Å²) in [6, 6.07) is 6.03. The van der Waals surface area contributed by atoms with Crippen molar-refractivity contribution in [3.8, 4) is 6.07 Å². The van der Waals surface area contributed by atoms with Crippen LogP contribution < -0.4 is 0 Å². The lowest BCUT2D eigenvalue weighted by atomic mass is 10.1. The first-order chi connectivity index (χ1) is 6.19. The Morgan fingerprint density at radius 1 is 1.62 bits per heavy atom. The molecule has 0 fully saturated rings. The van der Waals surface area contributed by atoms with Crippen molar-refractivity contribution in [3.63, 3.8) is 0 Å². The fourth-order valence-electron chi connectivity index (χ4n) is 0.939. The van der Waals surface area contributed by atoms with Gasteiger partial charge in [0.15, 0.2) is 6.10 Å². The van der Waals surface area contributed by atoms with E-state index in [2.05, 4.69) is 0 Å². The average molecular weight is 200 g/mol. The normalized spacial score (nSPS) is 12.2. The van der Waals surface area contributed by atoms with Crippen molar-refractivity contribution in [2.75, 3.05) is 7.11 Å². The second-order valence-corrected chi connectivity index (χ2v) is 2.83. The molecule has 0 aliphatic carbocycles. The molecule has 0 aliphatic rings. The highest BCUT2D eigenvalue weighted by Crippen LogP contribution is 2.21. The maximum atomic E-state index is 12.9. The molecular weight excluding hydrogens is 193 g/mol. The number of hydrogen-bond acceptors (Lipinski definition) is 2. The maximum Gasteiger partial charge on any atom is 0.168 e. The Kier molecular flexibility index (Phi) is 3.24. The second kappa shape index (κ2) is 4.22. The minimum absolute atomic E-state index is 0.0385. The fraction of sp³-hybridized carbons (Fsp3) is 0.222. The van der Waals surface area contributed by atoms with E-state index < -0.39 is 11.9 Å². The van der Waals surface area contributed by atoms with Crippen LogP contribution in [0.1, 0.15) is 11.7 Å². The van der Waals surface area contributed by atoms with E-state index >= 15 is 0 Å². The van der Waals surface area contributed by atoms with E-state index in [1.54, 1.807) is 6.07 Å². The molecule has 0 aromatic heterocycles. The van der Waals surface area contributed by atoms with Gasteiger partial charge in [-0.2, -0.15) is 5.26 Å². The van der Waals surface area contributed by atoms with Crippen molar-refractivity contribution in [1.82, 2.24) is 0 Å². The molecule has 1 unspecified atom stereocenters. The fourth-order valence-corrected chi connectivity index (χ4v) is 1.06. The summed E-state index contributed by atoms with van der Waals surface area (Å²) in [7, 11) is 1.39. The summed E-state index contributed by atoms with van der Waals surface area (Å²) in [4.78, 5) is 0. The summed E-state index contributed by atoms with van der Waals surface area (Å²) < 4.78 is 17.7. The number of hydrogen-bond donors (Lipinski definition) is 0. The van der Waals surface area contributed by atoms with E-state index in [1.807, 2.05) is 6.07 Å². The van der Waals surface area contributed by atoms with E-state index in [9.17, 15) is 4.39 Å². The third kappa shape index (κ3) is 2.18. The molecule has 2 nitrogen and oxygen atoms in total. The van der Waals surface area contributed by atoms with Gasteiger partial charge >= 0.3 is 0 Å². The molecule has 0 radical (unpaired) electrons. The molecule has 0 saturated carbocycles. The van der Waals surface area contributed by atoms with Crippen LogP contribution >= 0.6 is 11.6 Å². The summed E-state index contributed by atoms with van der Waals surface area (Å²) in [5.41, 5.74) is 0.465. The Balaban J connectivity index is 3.04. The van der Waals surface area contributed by atoms with Gasteiger partial charge in [-0.1, -0.05) is 17.7 Å². The van der Waals surface area contributed by atoms with E-state index in [1.165, 1.54) is 19.2 Å². The Labute approximate surface area is 80.5 Å². The number of rotatable bonds is 2. The molecule has 4 heteroatoms. The van der Waals surface area contributed by atoms with Crippen LogP contribution in [0.25, 0.3) is 0 Å². The van der Waals surface area contributed by atoms with Crippen molar-refractivity contribution in [1.29, 1.82) is 5.26 Å². The molecule has 0 saturated heterocycles. The lowest BCUT2D eigenvalue weighted by Gasteiger charge is -2.06. The monoisotopic (exact) mass is 199 g/mol. The quantitative estimate of drug-likeness (QED) is 0.734. The molecule has 0 bridgehead atoms. The first-order valence-corrected chi connectivity index (χ1v) is 3.94. The molecule has 1 atom stereocenters. The largest absolute Gasteiger partial charge is 0.362 e. The molecule has 0 heterocycles. The molecule has 1 rings (SSSR count). The van der Waals surface area contributed by atoms with Crippen molar-refractivity contribution in [2.45, 2.75) is 6.10 Å². The number of methoxy groups -OCH3 is 1. The Morgan fingerprint density at radius 2 is 2.31 bits per heavy atom. The van der Waals surface area contributed by atoms with Crippen molar-refractivity contribution in [3.05, 3.63) is 34.6 Å². The van der Waals surface area contributed by atoms with Crippen molar-refractivity contribution < 1.29 is 9.13 Å². The minimum atomic E-state index is -0.744. The van der Waals surface area contributed by atoms with Gasteiger partial charge in [-0.3, -0.25) is 0 Å². The summed E-state index contributed by atoms with van der Waals surface area (Å²) >= 11 is 5.47. The third-order valence-corrected chi connectivity index (χ3v) is 1.91. The Bertz CT molecular complexity index is 348. The molecular formula is C9H7ClFNO. The van der Waals surface area contributed by atoms with Crippen LogP contribution in [-0.2, 0) is 4.74 Å². The van der Waals surface area contributed by atoms with Gasteiger partial charge in [-0.05, 0) is 17.7 Å². The number of nitrogens with zero attached hydrogens (tertiary/aromatic N) is 1. The number of benzene rings is 1. The Hall–Kier alpha value is -1.11. The summed E-state index contributed by atoms with van der Waals surface area (Å²) in [5.74, 6) is -0.545. The van der Waals surface area contributed by atoms with Gasteiger partial charge in [0.25, 0.3) is 0 Å². The van der Waals surface area contributed by atoms with Gasteiger partial charge in [0.05, 0.1) is 11.1 Å². The highest BCUT2D eigenvalue weighted by atomic mass is 35.5. The first kappa shape index (κ1) is 9.97. The summed E-state index contributed by atoms with van der Waals surface area (Å²) in [6.45, 7) is 0. The van der Waals surface area contributed by atoms with Gasteiger partial charge in [0, 0.05) is 7.11 Å². The smallest absolute Gasteiger partial charge is 0.168 e. The zero-order valence-electron chi connectivity index (χ0n) is 6.92. The topological polar surface area (TPSA) is 33.0 Å². The van der Waals surface area contributed by atoms with E-state index in [0.717, 1.165) is 0 Å². The van der Waals surface area contributed by atoms with Gasteiger partial charge in [0.1, 0.15) is 5.82 Å². The van der Waals surface area contributed by atoms with E-state index in [-0.39, 0.29) is 5.02 Å². The van der Waals surface area contributed by atoms with Crippen LogP contribution in [0.4, 0.5) is 4.39 Å². The standard InChI is InChI=1S/C9H7ClFNO/c1-13-9(5-12)6-2-3-7(10)8(11)4-6/h2-4,9H,1H3. The SMILES string of the molecule is COC(C#N)c1ccc(Cl)c(F)c1. The molecule has 0 amide bonds. The first-order valence-electron chi connectivity index (χ1n) is 3.56. The molecule has 68 valence electrons. The van der Waals surface area contributed by atoms with Crippen LogP contribution in [-0.4, -0.2) is 7.11 Å². The zero-order valence-corrected chi connectivity index (χ0v) is 7.68. The van der Waals surface area contributed by atoms with Crippen LogP contribution in [0, 0.1) is 17.1 Å². The van der Waals surface area contributed by atoms with E-state index in [4.69, 9.17) is 21.6 Å². The van der Waals surface area contributed by atoms with Gasteiger partial charge in [-0.25, -0.2) is 4.39 Å². The predicted molar refractivity (Wildman–Crippen MR) is 46.8 cm³/mol. The molecule has 0 spiro atoms. The van der Waals surface area contributed by atoms with Crippen LogP contribution in [0.15, 0.2) is 18.2 Å². The van der Waals surface area contributed by atoms with Crippen LogP contribution in [0.2, 0.25) is 5.02 Å². The maximum absolute atomic E-state index is 12.9. The van der Waals surface area contributed by atoms with Gasteiger partial charge < -0.3 is 4.74 Å². The molecule has 1 aromatic rings. The highest BCUT2D eigenvalue weighted by molar-refractivity contribution is 6.30. The molecule has 1 aromatic carbocycles. The lowest BCUT2D eigenvalue weighted by Crippen LogP contribution is -1.98. The zero-order chi connectivity index (χ0) is 9.84. The number of ether oxygens (including phenoxy) is 1. The third-order valence-electron chi connectivity index (χ3n) is 1.60.